The van der Waals surface area contributed by atoms with Gasteiger partial charge in [-0.2, -0.15) is 0 Å². The molecule has 3 rings (SSSR count). The lowest BCUT2D eigenvalue weighted by Gasteiger charge is -2.00. The van der Waals surface area contributed by atoms with Gasteiger partial charge in [0.05, 0.1) is 5.56 Å². The first-order valence-corrected chi connectivity index (χ1v) is 5.39. The Hall–Kier alpha value is -2.69. The first kappa shape index (κ1) is 10.5. The van der Waals surface area contributed by atoms with Gasteiger partial charge in [-0.15, -0.1) is 10.2 Å². The third-order valence-corrected chi connectivity index (χ3v) is 2.70. The fraction of sp³-hybridized carbons (Fsp3) is 0. The Labute approximate surface area is 102 Å². The molecule has 2 heterocycles. The molecule has 2 aromatic heterocycles. The van der Waals surface area contributed by atoms with Crippen LogP contribution in [0, 0.1) is 0 Å². The van der Waals surface area contributed by atoms with Crippen LogP contribution in [0.25, 0.3) is 17.0 Å². The molecule has 5 heteroatoms. The number of carbonyl (C=O) groups is 1. The highest BCUT2D eigenvalue weighted by Crippen LogP contribution is 2.18. The van der Waals surface area contributed by atoms with E-state index in [1.807, 2.05) is 28.8 Å². The van der Waals surface area contributed by atoms with Crippen molar-refractivity contribution in [1.29, 1.82) is 0 Å². The van der Waals surface area contributed by atoms with E-state index in [0.29, 0.717) is 5.82 Å². The molecule has 0 fully saturated rings. The largest absolute Gasteiger partial charge is 0.478 e. The maximum Gasteiger partial charge on any atom is 0.335 e. The number of hydrogen-bond donors (Lipinski definition) is 1. The smallest absolute Gasteiger partial charge is 0.335 e. The van der Waals surface area contributed by atoms with Crippen molar-refractivity contribution in [2.45, 2.75) is 0 Å². The second kappa shape index (κ2) is 3.96. The quantitative estimate of drug-likeness (QED) is 0.743. The highest BCUT2D eigenvalue weighted by Gasteiger charge is 2.08. The van der Waals surface area contributed by atoms with E-state index in [-0.39, 0.29) is 5.56 Å². The number of nitrogens with zero attached hydrogens (tertiary/aromatic N) is 3. The van der Waals surface area contributed by atoms with Gasteiger partial charge >= 0.3 is 5.97 Å². The average molecular weight is 239 g/mol. The molecule has 0 saturated carbocycles. The zero-order chi connectivity index (χ0) is 12.5. The molecule has 0 amide bonds. The number of rotatable bonds is 2. The lowest BCUT2D eigenvalue weighted by molar-refractivity contribution is 0.0697. The van der Waals surface area contributed by atoms with Crippen LogP contribution < -0.4 is 0 Å². The van der Waals surface area contributed by atoms with Gasteiger partial charge in [0.25, 0.3) is 0 Å². The molecular formula is C13H9N3O2. The van der Waals surface area contributed by atoms with E-state index in [4.69, 9.17) is 5.11 Å². The van der Waals surface area contributed by atoms with Gasteiger partial charge in [0.15, 0.2) is 11.5 Å². The number of pyridine rings is 1. The summed E-state index contributed by atoms with van der Waals surface area (Å²) in [6, 6.07) is 12.2. The standard InChI is InChI=1S/C13H9N3O2/c17-13(18)10-6-4-9(5-7-10)12-15-14-11-3-1-2-8-16(11)12/h1-8H,(H,17,18). The normalized spacial score (nSPS) is 10.7. The highest BCUT2D eigenvalue weighted by molar-refractivity contribution is 5.88. The number of carboxylic acids is 1. The van der Waals surface area contributed by atoms with Crippen molar-refractivity contribution < 1.29 is 9.90 Å². The topological polar surface area (TPSA) is 67.5 Å². The summed E-state index contributed by atoms with van der Waals surface area (Å²) in [5.41, 5.74) is 1.85. The van der Waals surface area contributed by atoms with Crippen LogP contribution in [0.4, 0.5) is 0 Å². The minimum Gasteiger partial charge on any atom is -0.478 e. The lowest BCUT2D eigenvalue weighted by Crippen LogP contribution is -1.96. The Morgan fingerprint density at radius 2 is 1.83 bits per heavy atom. The Morgan fingerprint density at radius 1 is 1.06 bits per heavy atom. The zero-order valence-corrected chi connectivity index (χ0v) is 9.32. The minimum atomic E-state index is -0.937. The maximum absolute atomic E-state index is 10.8. The summed E-state index contributed by atoms with van der Waals surface area (Å²) >= 11 is 0. The van der Waals surface area contributed by atoms with Gasteiger partial charge < -0.3 is 5.11 Å². The molecule has 0 bridgehead atoms. The molecule has 5 nitrogen and oxygen atoms in total. The molecule has 3 aromatic rings. The number of fused-ring (bicyclic) bond motifs is 1. The van der Waals surface area contributed by atoms with Gasteiger partial charge in [-0.25, -0.2) is 4.79 Å². The summed E-state index contributed by atoms with van der Waals surface area (Å²) in [4.78, 5) is 10.8. The fourth-order valence-corrected chi connectivity index (χ4v) is 1.80. The molecule has 88 valence electrons. The Morgan fingerprint density at radius 3 is 2.56 bits per heavy atom. The molecule has 18 heavy (non-hydrogen) atoms. The Kier molecular flexibility index (Phi) is 2.30. The first-order valence-electron chi connectivity index (χ1n) is 5.39. The van der Waals surface area contributed by atoms with Gasteiger partial charge in [-0.05, 0) is 24.3 Å². The summed E-state index contributed by atoms with van der Waals surface area (Å²) in [7, 11) is 0. The van der Waals surface area contributed by atoms with E-state index in [0.717, 1.165) is 11.2 Å². The number of aromatic nitrogens is 3. The van der Waals surface area contributed by atoms with Gasteiger partial charge in [0, 0.05) is 11.8 Å². The molecular weight excluding hydrogens is 230 g/mol. The van der Waals surface area contributed by atoms with E-state index >= 15 is 0 Å². The molecule has 0 unspecified atom stereocenters. The van der Waals surface area contributed by atoms with E-state index in [2.05, 4.69) is 10.2 Å². The van der Waals surface area contributed by atoms with Crippen LogP contribution in [-0.4, -0.2) is 25.7 Å². The van der Waals surface area contributed by atoms with Gasteiger partial charge in [-0.1, -0.05) is 18.2 Å². The third-order valence-electron chi connectivity index (χ3n) is 2.70. The molecule has 0 aliphatic heterocycles. The number of carboxylic acid groups (broad SMARTS) is 1. The van der Waals surface area contributed by atoms with Crippen LogP contribution >= 0.6 is 0 Å². The number of hydrogen-bond acceptors (Lipinski definition) is 3. The summed E-state index contributed by atoms with van der Waals surface area (Å²) < 4.78 is 1.86. The first-order chi connectivity index (χ1) is 8.75. The summed E-state index contributed by atoms with van der Waals surface area (Å²) in [6.07, 6.45) is 1.87. The molecule has 0 spiro atoms. The maximum atomic E-state index is 10.8. The van der Waals surface area contributed by atoms with E-state index < -0.39 is 5.97 Å². The van der Waals surface area contributed by atoms with Crippen LogP contribution in [0.5, 0.6) is 0 Å². The van der Waals surface area contributed by atoms with Crippen molar-refractivity contribution >= 4 is 11.6 Å². The van der Waals surface area contributed by atoms with Crippen molar-refractivity contribution in [2.75, 3.05) is 0 Å². The second-order valence-corrected chi connectivity index (χ2v) is 3.83. The Bertz CT molecular complexity index is 716. The number of benzene rings is 1. The molecule has 0 saturated heterocycles. The van der Waals surface area contributed by atoms with Crippen LogP contribution in [0.1, 0.15) is 10.4 Å². The molecule has 0 radical (unpaired) electrons. The molecule has 1 N–H and O–H groups in total. The van der Waals surface area contributed by atoms with Gasteiger partial charge in [0.1, 0.15) is 0 Å². The predicted molar refractivity (Wildman–Crippen MR) is 65.4 cm³/mol. The van der Waals surface area contributed by atoms with Crippen LogP contribution in [0.3, 0.4) is 0 Å². The molecule has 1 aromatic carbocycles. The van der Waals surface area contributed by atoms with Crippen LogP contribution in [-0.2, 0) is 0 Å². The molecule has 0 atom stereocenters. The highest BCUT2D eigenvalue weighted by atomic mass is 16.4. The van der Waals surface area contributed by atoms with Crippen LogP contribution in [0.15, 0.2) is 48.7 Å². The van der Waals surface area contributed by atoms with E-state index in [1.165, 1.54) is 0 Å². The monoisotopic (exact) mass is 239 g/mol. The van der Waals surface area contributed by atoms with Crippen molar-refractivity contribution in [2.24, 2.45) is 0 Å². The second-order valence-electron chi connectivity index (χ2n) is 3.83. The van der Waals surface area contributed by atoms with Gasteiger partial charge in [-0.3, -0.25) is 4.40 Å². The SMILES string of the molecule is O=C(O)c1ccc(-c2nnc3ccccn23)cc1. The predicted octanol–water partition coefficient (Wildman–Crippen LogP) is 2.09. The zero-order valence-electron chi connectivity index (χ0n) is 9.32. The molecule has 0 aliphatic carbocycles. The van der Waals surface area contributed by atoms with Crippen molar-refractivity contribution in [1.82, 2.24) is 14.6 Å². The molecule has 0 aliphatic rings. The summed E-state index contributed by atoms with van der Waals surface area (Å²) in [5, 5.41) is 17.0. The van der Waals surface area contributed by atoms with Crippen molar-refractivity contribution in [3.05, 3.63) is 54.2 Å². The minimum absolute atomic E-state index is 0.257. The third kappa shape index (κ3) is 1.62. The fourth-order valence-electron chi connectivity index (χ4n) is 1.80. The summed E-state index contributed by atoms with van der Waals surface area (Å²) in [5.74, 6) is -0.241. The van der Waals surface area contributed by atoms with Crippen molar-refractivity contribution in [3.63, 3.8) is 0 Å². The van der Waals surface area contributed by atoms with E-state index in [9.17, 15) is 4.79 Å². The number of aromatic carboxylic acids is 1. The van der Waals surface area contributed by atoms with E-state index in [1.54, 1.807) is 24.3 Å². The Balaban J connectivity index is 2.12. The van der Waals surface area contributed by atoms with Crippen LogP contribution in [0.2, 0.25) is 0 Å². The lowest BCUT2D eigenvalue weighted by atomic mass is 10.1. The average Bonchev–Trinajstić information content (AvgIpc) is 2.82. The van der Waals surface area contributed by atoms with Gasteiger partial charge in [0.2, 0.25) is 0 Å². The van der Waals surface area contributed by atoms with Crippen molar-refractivity contribution in [3.8, 4) is 11.4 Å². The summed E-state index contributed by atoms with van der Waals surface area (Å²) in [6.45, 7) is 0.